The topological polar surface area (TPSA) is 60.9 Å². The Labute approximate surface area is 118 Å². The lowest BCUT2D eigenvalue weighted by molar-refractivity contribution is -0.137. The quantitative estimate of drug-likeness (QED) is 0.887. The number of para-hydroxylation sites is 1. The number of hydrogen-bond acceptors (Lipinski definition) is 3. The molecule has 1 fully saturated rings. The largest absolute Gasteiger partial charge is 0.481 e. The third-order valence-electron chi connectivity index (χ3n) is 3.54. The molecule has 1 amide bonds. The molecule has 1 saturated heterocycles. The zero-order valence-electron chi connectivity index (χ0n) is 11.5. The highest BCUT2D eigenvalue weighted by molar-refractivity contribution is 5.77. The average Bonchev–Trinajstić information content (AvgIpc) is 2.48. The monoisotopic (exact) mass is 276 g/mol. The van der Waals surface area contributed by atoms with E-state index < -0.39 is 5.97 Å². The summed E-state index contributed by atoms with van der Waals surface area (Å²) in [5.41, 5.74) is 1.19. The Morgan fingerprint density at radius 3 is 2.25 bits per heavy atom. The molecule has 0 radical (unpaired) electrons. The molecule has 1 aromatic rings. The zero-order chi connectivity index (χ0) is 14.4. The molecule has 0 aliphatic carbocycles. The summed E-state index contributed by atoms with van der Waals surface area (Å²) in [4.78, 5) is 26.5. The maximum Gasteiger partial charge on any atom is 0.303 e. The minimum atomic E-state index is -0.841. The fraction of sp³-hybridized carbons (Fsp3) is 0.467. The highest BCUT2D eigenvalue weighted by Crippen LogP contribution is 2.16. The van der Waals surface area contributed by atoms with Gasteiger partial charge in [0.1, 0.15) is 0 Å². The van der Waals surface area contributed by atoms with Crippen LogP contribution in [0.2, 0.25) is 0 Å². The van der Waals surface area contributed by atoms with Crippen LogP contribution in [0.1, 0.15) is 19.3 Å². The summed E-state index contributed by atoms with van der Waals surface area (Å²) in [7, 11) is 0. The third-order valence-corrected chi connectivity index (χ3v) is 3.54. The predicted molar refractivity (Wildman–Crippen MR) is 76.7 cm³/mol. The summed E-state index contributed by atoms with van der Waals surface area (Å²) in [5, 5.41) is 8.57. The number of rotatable bonds is 5. The normalized spacial score (nSPS) is 15.2. The van der Waals surface area contributed by atoms with E-state index in [1.54, 1.807) is 0 Å². The first-order chi connectivity index (χ1) is 9.66. The first-order valence-corrected chi connectivity index (χ1v) is 6.96. The van der Waals surface area contributed by atoms with E-state index in [0.29, 0.717) is 25.9 Å². The lowest BCUT2D eigenvalue weighted by Crippen LogP contribution is -2.48. The highest BCUT2D eigenvalue weighted by Gasteiger charge is 2.20. The first-order valence-electron chi connectivity index (χ1n) is 6.96. The van der Waals surface area contributed by atoms with Crippen molar-refractivity contribution >= 4 is 17.6 Å². The molecule has 1 aliphatic heterocycles. The van der Waals surface area contributed by atoms with E-state index >= 15 is 0 Å². The molecule has 1 N–H and O–H groups in total. The molecule has 0 atom stereocenters. The Bertz CT molecular complexity index is 453. The summed E-state index contributed by atoms with van der Waals surface area (Å²) >= 11 is 0. The second-order valence-corrected chi connectivity index (χ2v) is 4.95. The molecule has 2 rings (SSSR count). The van der Waals surface area contributed by atoms with Gasteiger partial charge in [0.2, 0.25) is 5.91 Å². The van der Waals surface area contributed by atoms with Gasteiger partial charge in [-0.15, -0.1) is 0 Å². The number of aliphatic carboxylic acids is 1. The van der Waals surface area contributed by atoms with Gasteiger partial charge in [0.25, 0.3) is 0 Å². The van der Waals surface area contributed by atoms with Gasteiger partial charge in [-0.2, -0.15) is 0 Å². The molecule has 0 bridgehead atoms. The van der Waals surface area contributed by atoms with Crippen LogP contribution in [0.5, 0.6) is 0 Å². The minimum absolute atomic E-state index is 0.0652. The predicted octanol–water partition coefficient (Wildman–Crippen LogP) is 1.59. The van der Waals surface area contributed by atoms with Crippen molar-refractivity contribution in [1.29, 1.82) is 0 Å². The van der Waals surface area contributed by atoms with E-state index in [1.807, 2.05) is 23.1 Å². The van der Waals surface area contributed by atoms with Gasteiger partial charge < -0.3 is 14.9 Å². The SMILES string of the molecule is O=C(O)CCCC(=O)N1CCN(c2ccccc2)CC1. The van der Waals surface area contributed by atoms with Gasteiger partial charge in [0.05, 0.1) is 0 Å². The molecule has 108 valence electrons. The zero-order valence-corrected chi connectivity index (χ0v) is 11.5. The van der Waals surface area contributed by atoms with E-state index in [1.165, 1.54) is 5.69 Å². The smallest absolute Gasteiger partial charge is 0.303 e. The molecule has 0 saturated carbocycles. The number of carbonyl (C=O) groups is 2. The lowest BCUT2D eigenvalue weighted by Gasteiger charge is -2.36. The van der Waals surface area contributed by atoms with Crippen LogP contribution in [0.15, 0.2) is 30.3 Å². The van der Waals surface area contributed by atoms with Gasteiger partial charge in [-0.25, -0.2) is 0 Å². The summed E-state index contributed by atoms with van der Waals surface area (Å²) in [6.07, 6.45) is 0.820. The van der Waals surface area contributed by atoms with E-state index in [9.17, 15) is 9.59 Å². The average molecular weight is 276 g/mol. The van der Waals surface area contributed by atoms with Gasteiger partial charge in [-0.05, 0) is 18.6 Å². The fourth-order valence-electron chi connectivity index (χ4n) is 2.40. The number of carboxylic acid groups (broad SMARTS) is 1. The molecule has 1 aromatic carbocycles. The van der Waals surface area contributed by atoms with Crippen LogP contribution in [-0.4, -0.2) is 48.1 Å². The lowest BCUT2D eigenvalue weighted by atomic mass is 10.2. The number of amides is 1. The van der Waals surface area contributed by atoms with Crippen LogP contribution >= 0.6 is 0 Å². The maximum absolute atomic E-state index is 11.9. The van der Waals surface area contributed by atoms with E-state index in [4.69, 9.17) is 5.11 Å². The molecular weight excluding hydrogens is 256 g/mol. The second-order valence-electron chi connectivity index (χ2n) is 4.95. The van der Waals surface area contributed by atoms with Crippen LogP contribution in [0.3, 0.4) is 0 Å². The fourth-order valence-corrected chi connectivity index (χ4v) is 2.40. The van der Waals surface area contributed by atoms with Crippen molar-refractivity contribution in [3.05, 3.63) is 30.3 Å². The van der Waals surface area contributed by atoms with Crippen LogP contribution < -0.4 is 4.90 Å². The molecule has 20 heavy (non-hydrogen) atoms. The van der Waals surface area contributed by atoms with Crippen LogP contribution in [0, 0.1) is 0 Å². The van der Waals surface area contributed by atoms with Crippen LogP contribution in [0.25, 0.3) is 0 Å². The molecular formula is C15H20N2O3. The van der Waals surface area contributed by atoms with Gasteiger partial charge in [0.15, 0.2) is 0 Å². The standard InChI is InChI=1S/C15H20N2O3/c18-14(7-4-8-15(19)20)17-11-9-16(10-12-17)13-5-2-1-3-6-13/h1-3,5-6H,4,7-12H2,(H,19,20). The Balaban J connectivity index is 1.76. The van der Waals surface area contributed by atoms with Gasteiger partial charge in [-0.1, -0.05) is 18.2 Å². The molecule has 5 heteroatoms. The van der Waals surface area contributed by atoms with Crippen molar-refractivity contribution in [1.82, 2.24) is 4.90 Å². The molecule has 0 aromatic heterocycles. The van der Waals surface area contributed by atoms with Crippen molar-refractivity contribution < 1.29 is 14.7 Å². The third kappa shape index (κ3) is 3.98. The van der Waals surface area contributed by atoms with Crippen LogP contribution in [0.4, 0.5) is 5.69 Å². The number of piperazine rings is 1. The number of benzene rings is 1. The first kappa shape index (κ1) is 14.4. The molecule has 0 spiro atoms. The number of carboxylic acids is 1. The Morgan fingerprint density at radius 2 is 1.65 bits per heavy atom. The van der Waals surface area contributed by atoms with Crippen molar-refractivity contribution in [2.45, 2.75) is 19.3 Å². The van der Waals surface area contributed by atoms with E-state index in [0.717, 1.165) is 13.1 Å². The Kier molecular flexibility index (Phi) is 4.98. The minimum Gasteiger partial charge on any atom is -0.481 e. The molecule has 1 aliphatic rings. The highest BCUT2D eigenvalue weighted by atomic mass is 16.4. The summed E-state index contributed by atoms with van der Waals surface area (Å²) in [6.45, 7) is 3.07. The number of nitrogens with zero attached hydrogens (tertiary/aromatic N) is 2. The number of hydrogen-bond donors (Lipinski definition) is 1. The van der Waals surface area contributed by atoms with Crippen LogP contribution in [-0.2, 0) is 9.59 Å². The summed E-state index contributed by atoms with van der Waals surface area (Å²) in [6, 6.07) is 10.2. The number of carbonyl (C=O) groups excluding carboxylic acids is 1. The second kappa shape index (κ2) is 6.93. The molecule has 1 heterocycles. The van der Waals surface area contributed by atoms with E-state index in [-0.39, 0.29) is 12.3 Å². The van der Waals surface area contributed by atoms with Gasteiger partial charge >= 0.3 is 5.97 Å². The van der Waals surface area contributed by atoms with Crippen molar-refractivity contribution in [3.63, 3.8) is 0 Å². The Hall–Kier alpha value is -2.04. The van der Waals surface area contributed by atoms with Gasteiger partial charge in [0, 0.05) is 44.7 Å². The van der Waals surface area contributed by atoms with Crippen molar-refractivity contribution in [2.24, 2.45) is 0 Å². The molecule has 5 nitrogen and oxygen atoms in total. The van der Waals surface area contributed by atoms with Crippen molar-refractivity contribution in [3.8, 4) is 0 Å². The molecule has 0 unspecified atom stereocenters. The summed E-state index contributed by atoms with van der Waals surface area (Å²) in [5.74, 6) is -0.773. The maximum atomic E-state index is 11.9. The Morgan fingerprint density at radius 1 is 1.00 bits per heavy atom. The van der Waals surface area contributed by atoms with Crippen molar-refractivity contribution in [2.75, 3.05) is 31.1 Å². The van der Waals surface area contributed by atoms with E-state index in [2.05, 4.69) is 17.0 Å². The van der Waals surface area contributed by atoms with Gasteiger partial charge in [-0.3, -0.25) is 9.59 Å². The summed E-state index contributed by atoms with van der Waals surface area (Å²) < 4.78 is 0. The number of anilines is 1.